The third-order valence-corrected chi connectivity index (χ3v) is 12.4. The molecule has 0 aliphatic rings. The van der Waals surface area contributed by atoms with Crippen LogP contribution in [0.4, 0.5) is 0 Å². The first kappa shape index (κ1) is 65.2. The van der Waals surface area contributed by atoms with Gasteiger partial charge in [0.25, 0.3) is 0 Å². The Morgan fingerprint density at radius 3 is 1.25 bits per heavy atom. The molecule has 0 fully saturated rings. The highest BCUT2D eigenvalue weighted by molar-refractivity contribution is 7.47. The normalized spacial score (nSPS) is 13.9. The Balaban J connectivity index is 4.76. The van der Waals surface area contributed by atoms with E-state index in [1.807, 2.05) is 0 Å². The molecule has 2 N–H and O–H groups in total. The third-order valence-electron chi connectivity index (χ3n) is 11.4. The second-order valence-corrected chi connectivity index (χ2v) is 19.5. The maximum atomic E-state index is 12.9. The molecule has 0 aromatic rings. The van der Waals surface area contributed by atoms with E-state index in [0.717, 1.165) is 103 Å². The van der Waals surface area contributed by atoms with Crippen LogP contribution in [0.5, 0.6) is 0 Å². The van der Waals surface area contributed by atoms with E-state index >= 15 is 0 Å². The molecule has 0 aromatic heterocycles. The Bertz CT molecular complexity index is 1370. The van der Waals surface area contributed by atoms with E-state index in [1.54, 1.807) is 0 Å². The molecule has 11 nitrogen and oxygen atoms in total. The summed E-state index contributed by atoms with van der Waals surface area (Å²) in [6.45, 7) is 4.42. The van der Waals surface area contributed by atoms with Crippen LogP contribution in [0.3, 0.4) is 0 Å². The number of aliphatic hydroxyl groups excluding tert-OH is 1. The third kappa shape index (κ3) is 48.2. The lowest BCUT2D eigenvalue weighted by atomic mass is 10.0. The van der Waals surface area contributed by atoms with Crippen LogP contribution in [0.15, 0.2) is 60.8 Å². The number of aliphatic hydroxyl groups is 1. The standard InChI is InChI=1S/C56H99O11P/c1-4-7-10-13-16-19-22-25-26-29-32-35-38-41-44-47-56(60)67-53(49-63-54(58)45-42-39-36-33-30-27-23-20-17-14-11-8-5-2)51-65-68(61,62)64-50-52(48-57)66-55(59)46-43-40-37-34-31-28-24-21-18-15-12-9-6-3/h9,11-12,14,18,20-21,23,28,31,52-53,57H,4-8,10,13,15-17,19,22,24-27,29-30,32-51H2,1-3H3,(H,61,62)/b12-9-,14-11-,21-18-,23-20-,31-28-. The first-order valence-electron chi connectivity index (χ1n) is 27.2. The molecular formula is C56H99O11P. The van der Waals surface area contributed by atoms with E-state index in [4.69, 9.17) is 23.3 Å². The summed E-state index contributed by atoms with van der Waals surface area (Å²) in [7, 11) is -4.75. The van der Waals surface area contributed by atoms with Crippen LogP contribution in [-0.2, 0) is 42.2 Å². The van der Waals surface area contributed by atoms with Crippen molar-refractivity contribution in [2.24, 2.45) is 0 Å². The average molecular weight is 979 g/mol. The fraction of sp³-hybridized carbons (Fsp3) is 0.768. The van der Waals surface area contributed by atoms with Crippen molar-refractivity contribution in [2.45, 2.75) is 251 Å². The summed E-state index contributed by atoms with van der Waals surface area (Å²) in [5.41, 5.74) is 0. The molecule has 3 atom stereocenters. The summed E-state index contributed by atoms with van der Waals surface area (Å²) in [6, 6.07) is 0. The summed E-state index contributed by atoms with van der Waals surface area (Å²) in [5, 5.41) is 9.78. The van der Waals surface area contributed by atoms with Crippen LogP contribution in [-0.4, -0.2) is 66.5 Å². The van der Waals surface area contributed by atoms with Crippen LogP contribution in [0.1, 0.15) is 239 Å². The number of esters is 3. The molecule has 68 heavy (non-hydrogen) atoms. The summed E-state index contributed by atoms with van der Waals surface area (Å²) in [6.07, 6.45) is 53.3. The van der Waals surface area contributed by atoms with Gasteiger partial charge in [-0.05, 0) is 77.0 Å². The molecule has 0 aliphatic heterocycles. The number of ether oxygens (including phenoxy) is 3. The van der Waals surface area contributed by atoms with Gasteiger partial charge in [-0.15, -0.1) is 0 Å². The van der Waals surface area contributed by atoms with Crippen LogP contribution in [0, 0.1) is 0 Å². The highest BCUT2D eigenvalue weighted by atomic mass is 31.2. The summed E-state index contributed by atoms with van der Waals surface area (Å²) >= 11 is 0. The van der Waals surface area contributed by atoms with Gasteiger partial charge in [-0.25, -0.2) is 4.57 Å². The SMILES string of the molecule is CC/C=C\C/C=C\C/C=C\CCCCCC(=O)OC(CO)COP(=O)(O)OCC(COC(=O)CCCCCCC/C=C\C/C=C\CCC)OC(=O)CCCCCCCCCCCCCCCCC. The first-order valence-corrected chi connectivity index (χ1v) is 28.7. The Labute approximate surface area is 415 Å². The van der Waals surface area contributed by atoms with Gasteiger partial charge in [-0.2, -0.15) is 0 Å². The minimum absolute atomic E-state index is 0.141. The lowest BCUT2D eigenvalue weighted by molar-refractivity contribution is -0.161. The van der Waals surface area contributed by atoms with Crippen LogP contribution >= 0.6 is 7.82 Å². The highest BCUT2D eigenvalue weighted by Gasteiger charge is 2.28. The van der Waals surface area contributed by atoms with Crippen LogP contribution in [0.2, 0.25) is 0 Å². The second kappa shape index (κ2) is 50.6. The lowest BCUT2D eigenvalue weighted by Gasteiger charge is -2.21. The molecule has 394 valence electrons. The topological polar surface area (TPSA) is 155 Å². The molecule has 0 spiro atoms. The van der Waals surface area contributed by atoms with E-state index in [-0.39, 0.29) is 25.9 Å². The van der Waals surface area contributed by atoms with Gasteiger partial charge in [-0.3, -0.25) is 23.4 Å². The Morgan fingerprint density at radius 2 is 0.794 bits per heavy atom. The van der Waals surface area contributed by atoms with Gasteiger partial charge in [0.1, 0.15) is 12.7 Å². The zero-order valence-electron chi connectivity index (χ0n) is 43.3. The van der Waals surface area contributed by atoms with Crippen molar-refractivity contribution in [3.63, 3.8) is 0 Å². The molecule has 0 heterocycles. The minimum atomic E-state index is -4.75. The Morgan fingerprint density at radius 1 is 0.426 bits per heavy atom. The highest BCUT2D eigenvalue weighted by Crippen LogP contribution is 2.43. The number of hydrogen-bond donors (Lipinski definition) is 2. The number of rotatable bonds is 50. The molecule has 0 radical (unpaired) electrons. The number of allylic oxidation sites excluding steroid dienone is 10. The lowest BCUT2D eigenvalue weighted by Crippen LogP contribution is -2.30. The van der Waals surface area contributed by atoms with Gasteiger partial charge in [0.15, 0.2) is 6.10 Å². The molecule has 0 amide bonds. The van der Waals surface area contributed by atoms with Gasteiger partial charge in [0.05, 0.1) is 19.8 Å². The predicted molar refractivity (Wildman–Crippen MR) is 279 cm³/mol. The van der Waals surface area contributed by atoms with Crippen LogP contribution in [0.25, 0.3) is 0 Å². The van der Waals surface area contributed by atoms with Crippen LogP contribution < -0.4 is 0 Å². The van der Waals surface area contributed by atoms with Gasteiger partial charge in [-0.1, -0.05) is 204 Å². The number of carbonyl (C=O) groups excluding carboxylic acids is 3. The summed E-state index contributed by atoms with van der Waals surface area (Å²) in [4.78, 5) is 48.4. The van der Waals surface area contributed by atoms with E-state index < -0.39 is 57.8 Å². The van der Waals surface area contributed by atoms with Crippen molar-refractivity contribution in [3.8, 4) is 0 Å². The van der Waals surface area contributed by atoms with Gasteiger partial charge >= 0.3 is 25.7 Å². The fourth-order valence-electron chi connectivity index (χ4n) is 7.29. The smallest absolute Gasteiger partial charge is 0.462 e. The number of phosphoric ester groups is 1. The van der Waals surface area contributed by atoms with E-state index in [0.29, 0.717) is 19.3 Å². The Hall–Kier alpha value is -2.82. The molecule has 0 rings (SSSR count). The van der Waals surface area contributed by atoms with Crippen molar-refractivity contribution < 1.29 is 52.2 Å². The van der Waals surface area contributed by atoms with Gasteiger partial charge in [0, 0.05) is 19.3 Å². The zero-order valence-corrected chi connectivity index (χ0v) is 44.2. The quantitative estimate of drug-likeness (QED) is 0.0197. The summed E-state index contributed by atoms with van der Waals surface area (Å²) in [5.74, 6) is -1.50. The van der Waals surface area contributed by atoms with Crippen molar-refractivity contribution in [1.29, 1.82) is 0 Å². The van der Waals surface area contributed by atoms with E-state index in [1.165, 1.54) is 77.0 Å². The molecule has 0 saturated carbocycles. The molecule has 0 saturated heterocycles. The Kier molecular flexibility index (Phi) is 48.5. The van der Waals surface area contributed by atoms with Gasteiger partial charge < -0.3 is 24.2 Å². The number of hydrogen-bond acceptors (Lipinski definition) is 10. The monoisotopic (exact) mass is 979 g/mol. The molecular weight excluding hydrogens is 880 g/mol. The summed E-state index contributed by atoms with van der Waals surface area (Å²) < 4.78 is 39.4. The van der Waals surface area contributed by atoms with Crippen molar-refractivity contribution in [1.82, 2.24) is 0 Å². The number of phosphoric acid groups is 1. The van der Waals surface area contributed by atoms with Crippen molar-refractivity contribution >= 4 is 25.7 Å². The molecule has 12 heteroatoms. The minimum Gasteiger partial charge on any atom is -0.462 e. The first-order chi connectivity index (χ1) is 33.2. The fourth-order valence-corrected chi connectivity index (χ4v) is 8.07. The molecule has 0 aromatic carbocycles. The van der Waals surface area contributed by atoms with Crippen molar-refractivity contribution in [3.05, 3.63) is 60.8 Å². The number of carbonyl (C=O) groups is 3. The molecule has 3 unspecified atom stereocenters. The average Bonchev–Trinajstić information content (AvgIpc) is 3.32. The van der Waals surface area contributed by atoms with E-state index in [2.05, 4.69) is 81.5 Å². The largest absolute Gasteiger partial charge is 0.472 e. The maximum Gasteiger partial charge on any atom is 0.472 e. The van der Waals surface area contributed by atoms with Gasteiger partial charge in [0.2, 0.25) is 0 Å². The predicted octanol–water partition coefficient (Wildman–Crippen LogP) is 15.6. The van der Waals surface area contributed by atoms with Crippen molar-refractivity contribution in [2.75, 3.05) is 26.4 Å². The second-order valence-electron chi connectivity index (χ2n) is 18.0. The number of unbranched alkanes of at least 4 members (excludes halogenated alkanes) is 23. The van der Waals surface area contributed by atoms with E-state index in [9.17, 15) is 28.9 Å². The molecule has 0 bridgehead atoms. The molecule has 0 aliphatic carbocycles. The maximum absolute atomic E-state index is 12.9. The zero-order chi connectivity index (χ0) is 49.9.